The Bertz CT molecular complexity index is 1280. The fraction of sp³-hybridized carbons (Fsp3) is 0.500. The zero-order valence-electron chi connectivity index (χ0n) is 19.5. The summed E-state index contributed by atoms with van der Waals surface area (Å²) in [6, 6.07) is 4.94. The van der Waals surface area contributed by atoms with E-state index in [-0.39, 0.29) is 37.2 Å². The van der Waals surface area contributed by atoms with Crippen LogP contribution in [0.4, 0.5) is 10.2 Å². The molecule has 0 amide bonds. The summed E-state index contributed by atoms with van der Waals surface area (Å²) in [5.41, 5.74) is 2.48. The van der Waals surface area contributed by atoms with Gasteiger partial charge in [-0.05, 0) is 30.5 Å². The highest BCUT2D eigenvalue weighted by Gasteiger charge is 2.48. The number of nitrogens with zero attached hydrogens (tertiary/aromatic N) is 2. The lowest BCUT2D eigenvalue weighted by molar-refractivity contribution is 0.00706. The van der Waals surface area contributed by atoms with Gasteiger partial charge in [0, 0.05) is 18.7 Å². The Morgan fingerprint density at radius 2 is 2.06 bits per heavy atom. The molecular formula is C24H26ClFN4O6. The highest BCUT2D eigenvalue weighted by atomic mass is 35.5. The van der Waals surface area contributed by atoms with Gasteiger partial charge in [-0.15, -0.1) is 0 Å². The van der Waals surface area contributed by atoms with E-state index in [0.717, 1.165) is 5.56 Å². The number of ether oxygens (including phenoxy) is 5. The maximum Gasteiger partial charge on any atom is 0.296 e. The van der Waals surface area contributed by atoms with Crippen LogP contribution in [0.1, 0.15) is 23.6 Å². The number of nitrogens with one attached hydrogen (secondary N) is 2. The van der Waals surface area contributed by atoms with Crippen LogP contribution in [0.15, 0.2) is 18.2 Å². The van der Waals surface area contributed by atoms with Crippen molar-refractivity contribution < 1.29 is 33.2 Å². The van der Waals surface area contributed by atoms with Gasteiger partial charge in [0.15, 0.2) is 11.8 Å². The van der Waals surface area contributed by atoms with E-state index < -0.39 is 18.3 Å². The normalized spacial score (nSPS) is 26.8. The molecule has 6 rings (SSSR count). The zero-order chi connectivity index (χ0) is 24.8. The smallest absolute Gasteiger partial charge is 0.296 e. The molecule has 3 aromatic rings. The second kappa shape index (κ2) is 9.64. The van der Waals surface area contributed by atoms with Crippen molar-refractivity contribution in [3.8, 4) is 11.8 Å². The van der Waals surface area contributed by atoms with Crippen LogP contribution >= 0.6 is 11.6 Å². The first-order chi connectivity index (χ1) is 17.5. The largest absolute Gasteiger partial charge is 0.491 e. The number of hydrogen-bond donors (Lipinski definition) is 3. The lowest BCUT2D eigenvalue weighted by atomic mass is 10.1. The van der Waals surface area contributed by atoms with Crippen molar-refractivity contribution in [2.75, 3.05) is 38.9 Å². The Hall–Kier alpha value is -2.70. The molecule has 10 nitrogen and oxygen atoms in total. The second-order valence-electron chi connectivity index (χ2n) is 9.11. The third-order valence-corrected chi connectivity index (χ3v) is 7.04. The molecular weight excluding hydrogens is 495 g/mol. The molecule has 1 unspecified atom stereocenters. The maximum absolute atomic E-state index is 15.0. The lowest BCUT2D eigenvalue weighted by Gasteiger charge is -2.17. The van der Waals surface area contributed by atoms with Gasteiger partial charge in [0.2, 0.25) is 0 Å². The fourth-order valence-electron chi connectivity index (χ4n) is 5.07. The molecule has 1 aliphatic carbocycles. The van der Waals surface area contributed by atoms with Crippen LogP contribution in [0.3, 0.4) is 0 Å². The molecule has 3 N–H and O–H groups in total. The molecule has 5 atom stereocenters. The number of aryl methyl sites for hydroxylation is 1. The summed E-state index contributed by atoms with van der Waals surface area (Å²) in [6.45, 7) is 1.29. The van der Waals surface area contributed by atoms with Crippen molar-refractivity contribution in [2.45, 2.75) is 43.3 Å². The first-order valence-corrected chi connectivity index (χ1v) is 12.2. The topological polar surface area (TPSA) is 120 Å². The maximum atomic E-state index is 15.0. The molecule has 1 aromatic carbocycles. The van der Waals surface area contributed by atoms with Crippen LogP contribution in [0.2, 0.25) is 5.02 Å². The molecule has 2 saturated heterocycles. The van der Waals surface area contributed by atoms with Gasteiger partial charge in [-0.25, -0.2) is 9.37 Å². The summed E-state index contributed by atoms with van der Waals surface area (Å²) in [5, 5.41) is 13.6. The number of methoxy groups -OCH3 is 1. The van der Waals surface area contributed by atoms with E-state index in [0.29, 0.717) is 59.4 Å². The summed E-state index contributed by atoms with van der Waals surface area (Å²) in [7, 11) is 1.59. The molecule has 2 fully saturated rings. The van der Waals surface area contributed by atoms with Crippen LogP contribution in [-0.2, 0) is 20.6 Å². The number of aliphatic hydroxyl groups is 1. The molecule has 0 bridgehead atoms. The summed E-state index contributed by atoms with van der Waals surface area (Å²) in [6.07, 6.45) is -0.422. The lowest BCUT2D eigenvalue weighted by Crippen LogP contribution is -2.34. The molecule has 12 heteroatoms. The Balaban J connectivity index is 1.18. The molecule has 0 radical (unpaired) electrons. The predicted octanol–water partition coefficient (Wildman–Crippen LogP) is 2.78. The van der Waals surface area contributed by atoms with Crippen LogP contribution < -0.4 is 14.8 Å². The summed E-state index contributed by atoms with van der Waals surface area (Å²) in [4.78, 5) is 12.0. The number of fused-ring (bicyclic) bond motifs is 3. The molecule has 2 aliphatic heterocycles. The Kier molecular flexibility index (Phi) is 6.34. The van der Waals surface area contributed by atoms with Crippen LogP contribution in [-0.4, -0.2) is 78.0 Å². The van der Waals surface area contributed by atoms with E-state index in [1.807, 2.05) is 6.07 Å². The molecule has 2 aromatic heterocycles. The van der Waals surface area contributed by atoms with Crippen LogP contribution in [0.25, 0.3) is 11.2 Å². The number of benzene rings is 1. The van der Waals surface area contributed by atoms with Crippen LogP contribution in [0.5, 0.6) is 11.8 Å². The fourth-order valence-corrected chi connectivity index (χ4v) is 5.27. The molecule has 3 aliphatic rings. The number of imidazole rings is 1. The Morgan fingerprint density at radius 1 is 1.19 bits per heavy atom. The summed E-state index contributed by atoms with van der Waals surface area (Å²) >= 11 is 6.51. The zero-order valence-corrected chi connectivity index (χ0v) is 20.3. The van der Waals surface area contributed by atoms with Gasteiger partial charge >= 0.3 is 0 Å². The van der Waals surface area contributed by atoms with Crippen molar-refractivity contribution in [2.24, 2.45) is 0 Å². The van der Waals surface area contributed by atoms with E-state index in [2.05, 4.69) is 20.3 Å². The number of H-pyrrole nitrogens is 1. The third-order valence-electron chi connectivity index (χ3n) is 6.76. The Morgan fingerprint density at radius 3 is 2.92 bits per heavy atom. The Labute approximate surface area is 211 Å². The van der Waals surface area contributed by atoms with Gasteiger partial charge < -0.3 is 39.1 Å². The number of hydrogen-bond acceptors (Lipinski definition) is 9. The van der Waals surface area contributed by atoms with E-state index in [9.17, 15) is 5.11 Å². The minimum Gasteiger partial charge on any atom is -0.491 e. The van der Waals surface area contributed by atoms with Crippen molar-refractivity contribution in [1.82, 2.24) is 15.0 Å². The molecule has 4 heterocycles. The SMILES string of the molecule is COCCOc1cc(F)c2c(c1)CCC2Nc1nc2nc(O[C@@H]3CO[C@H]4[C@@H]3OC[C@H]4O)[nH]c2cc1Cl. The number of halogens is 2. The molecule has 36 heavy (non-hydrogen) atoms. The van der Waals surface area contributed by atoms with Gasteiger partial charge in [0.1, 0.15) is 42.3 Å². The standard InChI is InChI=1S/C24H26ClFN4O6/c1-32-4-5-33-12-6-11-2-3-15(19(11)14(26)7-12)27-22-13(25)8-16-23(29-22)30-24(28-16)36-18-10-35-20-17(31)9-34-21(18)20/h6-8,15,17-18,20-21,31H,2-5,9-10H2,1H3,(H2,27,28,29,30)/t15?,17-,18-,20-,21-/m1/s1. The van der Waals surface area contributed by atoms with E-state index in [4.69, 9.17) is 35.3 Å². The van der Waals surface area contributed by atoms with Gasteiger partial charge in [-0.2, -0.15) is 4.98 Å². The summed E-state index contributed by atoms with van der Waals surface area (Å²) in [5.74, 6) is 0.562. The molecule has 192 valence electrons. The highest BCUT2D eigenvalue weighted by Crippen LogP contribution is 2.39. The second-order valence-corrected chi connectivity index (χ2v) is 9.51. The number of anilines is 1. The first-order valence-electron chi connectivity index (χ1n) is 11.8. The van der Waals surface area contributed by atoms with Gasteiger partial charge in [0.05, 0.1) is 36.4 Å². The average molecular weight is 521 g/mol. The minimum absolute atomic E-state index is 0.217. The van der Waals surface area contributed by atoms with Gasteiger partial charge in [-0.1, -0.05) is 11.6 Å². The summed E-state index contributed by atoms with van der Waals surface area (Å²) < 4.78 is 42.7. The van der Waals surface area contributed by atoms with E-state index in [1.54, 1.807) is 13.2 Å². The molecule has 0 saturated carbocycles. The van der Waals surface area contributed by atoms with Crippen molar-refractivity contribution in [1.29, 1.82) is 0 Å². The molecule has 0 spiro atoms. The van der Waals surface area contributed by atoms with Crippen molar-refractivity contribution in [3.63, 3.8) is 0 Å². The first kappa shape index (κ1) is 23.7. The number of rotatable bonds is 8. The predicted molar refractivity (Wildman–Crippen MR) is 127 cm³/mol. The number of pyridine rings is 1. The number of aliphatic hydroxyl groups excluding tert-OH is 1. The van der Waals surface area contributed by atoms with E-state index in [1.165, 1.54) is 6.07 Å². The third kappa shape index (κ3) is 4.35. The number of aromatic amines is 1. The van der Waals surface area contributed by atoms with Crippen molar-refractivity contribution in [3.05, 3.63) is 40.2 Å². The highest BCUT2D eigenvalue weighted by molar-refractivity contribution is 6.33. The average Bonchev–Trinajstić information content (AvgIpc) is 3.61. The van der Waals surface area contributed by atoms with Gasteiger partial charge in [-0.3, -0.25) is 0 Å². The minimum atomic E-state index is -0.659. The van der Waals surface area contributed by atoms with Crippen molar-refractivity contribution >= 4 is 28.6 Å². The number of aromatic nitrogens is 3. The van der Waals surface area contributed by atoms with E-state index >= 15 is 4.39 Å². The van der Waals surface area contributed by atoms with Crippen LogP contribution in [0, 0.1) is 5.82 Å². The van der Waals surface area contributed by atoms with Gasteiger partial charge in [0.25, 0.3) is 6.01 Å². The monoisotopic (exact) mass is 520 g/mol. The quantitative estimate of drug-likeness (QED) is 0.385.